The monoisotopic (exact) mass is 208 g/mol. The van der Waals surface area contributed by atoms with E-state index in [1.807, 2.05) is 0 Å². The average molecular weight is 208 g/mol. The van der Waals surface area contributed by atoms with E-state index in [1.54, 1.807) is 6.08 Å². The molecule has 3 nitrogen and oxygen atoms in total. The smallest absolute Gasteiger partial charge is 0.302 e. The quantitative estimate of drug-likeness (QED) is 0.619. The number of carbonyl (C=O) groups excluding carboxylic acids is 2. The van der Waals surface area contributed by atoms with Crippen LogP contribution in [0.5, 0.6) is 0 Å². The van der Waals surface area contributed by atoms with Crippen molar-refractivity contribution < 1.29 is 14.3 Å². The first-order valence-electron chi connectivity index (χ1n) is 5.43. The molecule has 2 aliphatic rings. The first-order valence-corrected chi connectivity index (χ1v) is 5.43. The summed E-state index contributed by atoms with van der Waals surface area (Å²) in [5.74, 6) is -0.00896. The molecule has 1 fully saturated rings. The van der Waals surface area contributed by atoms with Gasteiger partial charge in [-0.15, -0.1) is 0 Å². The van der Waals surface area contributed by atoms with Crippen LogP contribution in [0.4, 0.5) is 0 Å². The second-order valence-electron chi connectivity index (χ2n) is 4.69. The van der Waals surface area contributed by atoms with Gasteiger partial charge in [0.25, 0.3) is 0 Å². The SMILES string of the molecule is CC(=O)O[C@@H]1CCC2=CC(=O)CC[C@@]21C. The fraction of sp³-hybridized carbons (Fsp3) is 0.667. The first kappa shape index (κ1) is 10.4. The molecule has 0 spiro atoms. The van der Waals surface area contributed by atoms with Crippen LogP contribution >= 0.6 is 0 Å². The molecule has 82 valence electrons. The van der Waals surface area contributed by atoms with E-state index >= 15 is 0 Å². The number of hydrogen-bond donors (Lipinski definition) is 0. The summed E-state index contributed by atoms with van der Waals surface area (Å²) >= 11 is 0. The molecular weight excluding hydrogens is 192 g/mol. The Morgan fingerprint density at radius 3 is 2.93 bits per heavy atom. The maximum Gasteiger partial charge on any atom is 0.302 e. The van der Waals surface area contributed by atoms with Gasteiger partial charge in [-0.05, 0) is 25.3 Å². The van der Waals surface area contributed by atoms with Crippen LogP contribution in [0.2, 0.25) is 0 Å². The Bertz CT molecular complexity index is 343. The minimum Gasteiger partial charge on any atom is -0.462 e. The van der Waals surface area contributed by atoms with Gasteiger partial charge in [0.05, 0.1) is 0 Å². The van der Waals surface area contributed by atoms with E-state index in [-0.39, 0.29) is 23.3 Å². The number of ether oxygens (including phenoxy) is 1. The summed E-state index contributed by atoms with van der Waals surface area (Å²) in [6.07, 6.45) is 4.87. The second kappa shape index (κ2) is 3.47. The van der Waals surface area contributed by atoms with Crippen LogP contribution in [0.1, 0.15) is 39.5 Å². The largest absolute Gasteiger partial charge is 0.462 e. The third-order valence-corrected chi connectivity index (χ3v) is 3.65. The molecule has 15 heavy (non-hydrogen) atoms. The van der Waals surface area contributed by atoms with Crippen molar-refractivity contribution in [3.8, 4) is 0 Å². The summed E-state index contributed by atoms with van der Waals surface area (Å²) in [6.45, 7) is 3.55. The van der Waals surface area contributed by atoms with Crippen molar-refractivity contribution in [1.82, 2.24) is 0 Å². The Balaban J connectivity index is 2.23. The highest BCUT2D eigenvalue weighted by Crippen LogP contribution is 2.49. The molecule has 2 atom stereocenters. The van der Waals surface area contributed by atoms with Gasteiger partial charge in [-0.2, -0.15) is 0 Å². The van der Waals surface area contributed by atoms with Gasteiger partial charge in [0.15, 0.2) is 5.78 Å². The van der Waals surface area contributed by atoms with E-state index < -0.39 is 0 Å². The van der Waals surface area contributed by atoms with Gasteiger partial charge in [0.1, 0.15) is 6.10 Å². The molecule has 0 aromatic rings. The number of carbonyl (C=O) groups is 2. The maximum absolute atomic E-state index is 11.3. The summed E-state index contributed by atoms with van der Waals surface area (Å²) < 4.78 is 5.33. The molecule has 1 saturated carbocycles. The van der Waals surface area contributed by atoms with Crippen molar-refractivity contribution in [2.75, 3.05) is 0 Å². The lowest BCUT2D eigenvalue weighted by Gasteiger charge is -2.34. The molecule has 0 saturated heterocycles. The van der Waals surface area contributed by atoms with Crippen molar-refractivity contribution in [1.29, 1.82) is 0 Å². The average Bonchev–Trinajstić information content (AvgIpc) is 2.44. The zero-order valence-electron chi connectivity index (χ0n) is 9.21. The van der Waals surface area contributed by atoms with Crippen LogP contribution in [0.25, 0.3) is 0 Å². The van der Waals surface area contributed by atoms with Gasteiger partial charge in [-0.25, -0.2) is 0 Å². The van der Waals surface area contributed by atoms with Gasteiger partial charge in [-0.3, -0.25) is 9.59 Å². The summed E-state index contributed by atoms with van der Waals surface area (Å²) in [5.41, 5.74) is 1.09. The highest BCUT2D eigenvalue weighted by atomic mass is 16.5. The number of rotatable bonds is 1. The van der Waals surface area contributed by atoms with Gasteiger partial charge < -0.3 is 4.74 Å². The molecule has 0 aromatic heterocycles. The summed E-state index contributed by atoms with van der Waals surface area (Å²) in [6, 6.07) is 0. The van der Waals surface area contributed by atoms with Crippen molar-refractivity contribution in [2.45, 2.75) is 45.6 Å². The molecule has 0 unspecified atom stereocenters. The third-order valence-electron chi connectivity index (χ3n) is 3.65. The van der Waals surface area contributed by atoms with Gasteiger partial charge in [0.2, 0.25) is 0 Å². The predicted molar refractivity (Wildman–Crippen MR) is 55.2 cm³/mol. The van der Waals surface area contributed by atoms with E-state index in [0.717, 1.165) is 19.3 Å². The molecule has 2 aliphatic carbocycles. The number of fused-ring (bicyclic) bond motifs is 1. The van der Waals surface area contributed by atoms with Crippen LogP contribution in [0.15, 0.2) is 11.6 Å². The standard InChI is InChI=1S/C12H16O3/c1-8(13)15-11-4-3-9-7-10(14)5-6-12(9,11)2/h7,11H,3-6H2,1-2H3/t11-,12+/m1/s1. The molecule has 0 heterocycles. The van der Waals surface area contributed by atoms with E-state index in [1.165, 1.54) is 12.5 Å². The highest BCUT2D eigenvalue weighted by Gasteiger charge is 2.46. The number of allylic oxidation sites excluding steroid dienone is 1. The highest BCUT2D eigenvalue weighted by molar-refractivity contribution is 5.91. The summed E-state index contributed by atoms with van der Waals surface area (Å²) in [7, 11) is 0. The Labute approximate surface area is 89.5 Å². The van der Waals surface area contributed by atoms with Crippen molar-refractivity contribution >= 4 is 11.8 Å². The second-order valence-corrected chi connectivity index (χ2v) is 4.69. The van der Waals surface area contributed by atoms with E-state index in [0.29, 0.717) is 6.42 Å². The van der Waals surface area contributed by atoms with Crippen molar-refractivity contribution in [3.05, 3.63) is 11.6 Å². The lowest BCUT2D eigenvalue weighted by atomic mass is 9.74. The number of hydrogen-bond acceptors (Lipinski definition) is 3. The maximum atomic E-state index is 11.3. The molecule has 0 amide bonds. The molecule has 0 bridgehead atoms. The normalized spacial score (nSPS) is 34.7. The molecule has 0 radical (unpaired) electrons. The Morgan fingerprint density at radius 2 is 2.27 bits per heavy atom. The van der Waals surface area contributed by atoms with Crippen molar-refractivity contribution in [3.63, 3.8) is 0 Å². The number of esters is 1. The first-order chi connectivity index (χ1) is 7.02. The number of ketones is 1. The fourth-order valence-electron chi connectivity index (χ4n) is 2.69. The van der Waals surface area contributed by atoms with E-state index in [4.69, 9.17) is 4.74 Å². The minimum atomic E-state index is -0.223. The van der Waals surface area contributed by atoms with Crippen molar-refractivity contribution in [2.24, 2.45) is 5.41 Å². The van der Waals surface area contributed by atoms with Crippen LogP contribution < -0.4 is 0 Å². The van der Waals surface area contributed by atoms with E-state index in [2.05, 4.69) is 6.92 Å². The van der Waals surface area contributed by atoms with Crippen LogP contribution in [-0.4, -0.2) is 17.9 Å². The van der Waals surface area contributed by atoms with Crippen LogP contribution in [0.3, 0.4) is 0 Å². The lowest BCUT2D eigenvalue weighted by Crippen LogP contribution is -2.34. The van der Waals surface area contributed by atoms with E-state index in [9.17, 15) is 9.59 Å². The molecule has 2 rings (SSSR count). The minimum absolute atomic E-state index is 0.0330. The predicted octanol–water partition coefficient (Wildman–Crippen LogP) is 2.01. The zero-order valence-corrected chi connectivity index (χ0v) is 9.21. The lowest BCUT2D eigenvalue weighted by molar-refractivity contribution is -0.150. The molecule has 0 aromatic carbocycles. The van der Waals surface area contributed by atoms with Crippen LogP contribution in [0, 0.1) is 5.41 Å². The summed E-state index contributed by atoms with van der Waals surface area (Å²) in [4.78, 5) is 22.3. The topological polar surface area (TPSA) is 43.4 Å². The molecule has 3 heteroatoms. The van der Waals surface area contributed by atoms with Gasteiger partial charge in [0, 0.05) is 18.8 Å². The van der Waals surface area contributed by atoms with Gasteiger partial charge >= 0.3 is 5.97 Å². The van der Waals surface area contributed by atoms with Crippen LogP contribution in [-0.2, 0) is 14.3 Å². The molecule has 0 N–H and O–H groups in total. The summed E-state index contributed by atoms with van der Waals surface area (Å²) in [5, 5.41) is 0. The zero-order chi connectivity index (χ0) is 11.1. The molecule has 0 aliphatic heterocycles. The Hall–Kier alpha value is -1.12. The molecular formula is C12H16O3. The Morgan fingerprint density at radius 1 is 1.53 bits per heavy atom. The Kier molecular flexibility index (Phi) is 2.41. The fourth-order valence-corrected chi connectivity index (χ4v) is 2.69. The third kappa shape index (κ3) is 1.71. The van der Waals surface area contributed by atoms with Gasteiger partial charge in [-0.1, -0.05) is 12.5 Å².